The van der Waals surface area contributed by atoms with Gasteiger partial charge in [0.25, 0.3) is 0 Å². The maximum absolute atomic E-state index is 6.27. The van der Waals surface area contributed by atoms with Crippen molar-refractivity contribution < 1.29 is 4.12 Å². The summed E-state index contributed by atoms with van der Waals surface area (Å²) in [5, 5.41) is 0. The molecule has 5 heteroatoms. The van der Waals surface area contributed by atoms with Crippen LogP contribution in [0.4, 0.5) is 0 Å². The molecule has 0 rings (SSSR count). The normalized spacial score (nSPS) is 18.5. The van der Waals surface area contributed by atoms with Crippen LogP contribution in [0.5, 0.6) is 0 Å². The fraction of sp³-hybridized carbons (Fsp3) is 1.00. The molecule has 2 unspecified atom stereocenters. The van der Waals surface area contributed by atoms with Gasteiger partial charge in [0, 0.05) is 9.75 Å². The van der Waals surface area contributed by atoms with Gasteiger partial charge >= 0.3 is 0 Å². The van der Waals surface area contributed by atoms with Crippen molar-refractivity contribution in [3.63, 3.8) is 0 Å². The van der Waals surface area contributed by atoms with Crippen LogP contribution in [-0.4, -0.2) is 26.4 Å². The van der Waals surface area contributed by atoms with Gasteiger partial charge in [0.2, 0.25) is 0 Å². The van der Waals surface area contributed by atoms with Crippen molar-refractivity contribution in [3.05, 3.63) is 0 Å². The smallest absolute Gasteiger partial charge is 0.185 e. The van der Waals surface area contributed by atoms with E-state index < -0.39 is 16.6 Å². The Labute approximate surface area is 95.7 Å². The van der Waals surface area contributed by atoms with Crippen LogP contribution in [-0.2, 0) is 4.12 Å². The van der Waals surface area contributed by atoms with Crippen LogP contribution < -0.4 is 0 Å². The molecule has 0 fully saturated rings. The van der Waals surface area contributed by atoms with Crippen LogP contribution in [0.1, 0.15) is 13.8 Å². The number of rotatable bonds is 4. The molecule has 0 saturated heterocycles. The highest BCUT2D eigenvalue weighted by atomic mass is 32.1. The fourth-order valence-corrected chi connectivity index (χ4v) is 8.59. The van der Waals surface area contributed by atoms with Gasteiger partial charge in [-0.25, -0.2) is 0 Å². The zero-order valence-electron chi connectivity index (χ0n) is 9.46. The quantitative estimate of drug-likeness (QED) is 0.579. The monoisotopic (exact) mass is 254 g/mol. The summed E-state index contributed by atoms with van der Waals surface area (Å²) in [6.07, 6.45) is 0. The van der Waals surface area contributed by atoms with Crippen molar-refractivity contribution in [3.8, 4) is 0 Å². The average Bonchev–Trinajstić information content (AvgIpc) is 1.83. The van der Waals surface area contributed by atoms with Crippen LogP contribution in [0.15, 0.2) is 0 Å². The van der Waals surface area contributed by atoms with E-state index in [-0.39, 0.29) is 0 Å². The molecule has 0 aliphatic carbocycles. The van der Waals surface area contributed by atoms with Gasteiger partial charge in [-0.3, -0.25) is 0 Å². The summed E-state index contributed by atoms with van der Waals surface area (Å²) in [4.78, 5) is 0.762. The van der Waals surface area contributed by atoms with Gasteiger partial charge in [0.05, 0.1) is 0 Å². The first kappa shape index (κ1) is 14.1. The van der Waals surface area contributed by atoms with Crippen LogP contribution in [0, 0.1) is 0 Å². The summed E-state index contributed by atoms with van der Waals surface area (Å²) in [6.45, 7) is 13.2. The molecular formula is C8H22OS2Si2. The number of thiol groups is 2. The number of hydrogen-bond donors (Lipinski definition) is 2. The first-order valence-electron chi connectivity index (χ1n) is 4.66. The molecule has 0 aromatic rings. The van der Waals surface area contributed by atoms with Crippen molar-refractivity contribution in [2.24, 2.45) is 0 Å². The first-order chi connectivity index (χ1) is 5.59. The second-order valence-corrected chi connectivity index (χ2v) is 16.1. The topological polar surface area (TPSA) is 9.23 Å². The minimum Gasteiger partial charge on any atom is -0.454 e. The summed E-state index contributed by atoms with van der Waals surface area (Å²) < 4.78 is 6.27. The summed E-state index contributed by atoms with van der Waals surface area (Å²) in [6, 6.07) is 0. The predicted molar refractivity (Wildman–Crippen MR) is 72.9 cm³/mol. The lowest BCUT2D eigenvalue weighted by Gasteiger charge is -2.37. The maximum Gasteiger partial charge on any atom is 0.185 e. The molecule has 0 spiro atoms. The highest BCUT2D eigenvalue weighted by Crippen LogP contribution is 2.24. The zero-order chi connectivity index (χ0) is 10.9. The van der Waals surface area contributed by atoms with Gasteiger partial charge in [-0.15, -0.1) is 0 Å². The van der Waals surface area contributed by atoms with Crippen molar-refractivity contribution >= 4 is 41.9 Å². The SMILES string of the molecule is CC(S)[Si](C)(C)O[Si](C)(C)C(C)S. The Morgan fingerprint density at radius 3 is 1.23 bits per heavy atom. The van der Waals surface area contributed by atoms with E-state index in [0.717, 1.165) is 0 Å². The van der Waals surface area contributed by atoms with Crippen molar-refractivity contribution in [2.45, 2.75) is 49.8 Å². The van der Waals surface area contributed by atoms with Crippen molar-refractivity contribution in [2.75, 3.05) is 0 Å². The predicted octanol–water partition coefficient (Wildman–Crippen LogP) is 3.13. The Morgan fingerprint density at radius 2 is 1.08 bits per heavy atom. The Balaban J connectivity index is 4.42. The second-order valence-electron chi connectivity index (χ2n) is 4.66. The van der Waals surface area contributed by atoms with Crippen LogP contribution in [0.2, 0.25) is 26.2 Å². The molecule has 0 amide bonds. The summed E-state index contributed by atoms with van der Waals surface area (Å²) in [5.74, 6) is 0. The van der Waals surface area contributed by atoms with Gasteiger partial charge in [-0.05, 0) is 26.2 Å². The Kier molecular flexibility index (Phi) is 5.14. The molecule has 0 aliphatic rings. The molecule has 0 aromatic heterocycles. The van der Waals surface area contributed by atoms with Crippen LogP contribution in [0.25, 0.3) is 0 Å². The van der Waals surface area contributed by atoms with Gasteiger partial charge in [0.15, 0.2) is 16.6 Å². The molecular weight excluding hydrogens is 232 g/mol. The third-order valence-electron chi connectivity index (χ3n) is 2.54. The third kappa shape index (κ3) is 4.42. The molecule has 0 heterocycles. The van der Waals surface area contributed by atoms with E-state index in [9.17, 15) is 0 Å². The molecule has 0 aliphatic heterocycles. The highest BCUT2D eigenvalue weighted by Gasteiger charge is 2.38. The zero-order valence-corrected chi connectivity index (χ0v) is 13.2. The molecule has 0 N–H and O–H groups in total. The molecule has 80 valence electrons. The van der Waals surface area contributed by atoms with E-state index >= 15 is 0 Å². The minimum absolute atomic E-state index is 0.381. The van der Waals surface area contributed by atoms with E-state index in [0.29, 0.717) is 9.75 Å². The Morgan fingerprint density at radius 1 is 0.846 bits per heavy atom. The summed E-state index contributed by atoms with van der Waals surface area (Å²) >= 11 is 8.99. The largest absolute Gasteiger partial charge is 0.454 e. The Hall–Kier alpha value is 1.09. The first-order valence-corrected chi connectivity index (χ1v) is 11.7. The number of hydrogen-bond acceptors (Lipinski definition) is 3. The summed E-state index contributed by atoms with van der Waals surface area (Å²) in [7, 11) is -3.20. The molecule has 1 nitrogen and oxygen atoms in total. The van der Waals surface area contributed by atoms with E-state index in [1.165, 1.54) is 0 Å². The van der Waals surface area contributed by atoms with Gasteiger partial charge < -0.3 is 4.12 Å². The van der Waals surface area contributed by atoms with E-state index in [1.54, 1.807) is 0 Å². The third-order valence-corrected chi connectivity index (χ3v) is 14.5. The lowest BCUT2D eigenvalue weighted by molar-refractivity contribution is 0.537. The lowest BCUT2D eigenvalue weighted by Crippen LogP contribution is -2.53. The van der Waals surface area contributed by atoms with Gasteiger partial charge in [-0.1, -0.05) is 13.8 Å². The maximum atomic E-state index is 6.27. The average molecular weight is 255 g/mol. The van der Waals surface area contributed by atoms with E-state index in [2.05, 4.69) is 65.3 Å². The summed E-state index contributed by atoms with van der Waals surface area (Å²) in [5.41, 5.74) is 0. The van der Waals surface area contributed by atoms with Crippen molar-refractivity contribution in [1.82, 2.24) is 0 Å². The van der Waals surface area contributed by atoms with Crippen LogP contribution in [0.3, 0.4) is 0 Å². The van der Waals surface area contributed by atoms with Gasteiger partial charge in [-0.2, -0.15) is 25.3 Å². The highest BCUT2D eigenvalue weighted by molar-refractivity contribution is 7.83. The molecule has 0 radical (unpaired) electrons. The fourth-order valence-electron chi connectivity index (χ4n) is 0.849. The van der Waals surface area contributed by atoms with Crippen molar-refractivity contribution in [1.29, 1.82) is 0 Å². The molecule has 0 bridgehead atoms. The second kappa shape index (κ2) is 4.74. The van der Waals surface area contributed by atoms with Gasteiger partial charge in [0.1, 0.15) is 0 Å². The molecule has 0 saturated carbocycles. The molecule has 0 aromatic carbocycles. The standard InChI is InChI=1S/C8H22OS2Si2/c1-7(10)12(3,4)9-13(5,6)8(2)11/h7-8,10-11H,1-6H3. The Bertz CT molecular complexity index is 152. The van der Waals surface area contributed by atoms with E-state index in [4.69, 9.17) is 4.12 Å². The minimum atomic E-state index is -1.60. The lowest BCUT2D eigenvalue weighted by atomic mass is 11.0. The van der Waals surface area contributed by atoms with E-state index in [1.807, 2.05) is 0 Å². The molecule has 2 atom stereocenters. The van der Waals surface area contributed by atoms with Crippen LogP contribution >= 0.6 is 25.3 Å². The molecule has 13 heavy (non-hydrogen) atoms.